The number of hydrogen-bond acceptors (Lipinski definition) is 3. The van der Waals surface area contributed by atoms with Crippen molar-refractivity contribution in [3.05, 3.63) is 59.3 Å². The lowest BCUT2D eigenvalue weighted by molar-refractivity contribution is 0.0950. The number of rotatable bonds is 5. The summed E-state index contributed by atoms with van der Waals surface area (Å²) in [6, 6.07) is 13.3. The Balaban J connectivity index is 1.54. The number of carbonyl (C=O) groups excluding carboxylic acids is 2. The monoisotopic (exact) mass is 377 g/mol. The van der Waals surface area contributed by atoms with E-state index in [0.29, 0.717) is 25.2 Å². The molecule has 4 rings (SSSR count). The second-order valence-corrected chi connectivity index (χ2v) is 6.85. The minimum absolute atomic E-state index is 0.128. The van der Waals surface area contributed by atoms with Crippen LogP contribution in [0.4, 0.5) is 10.5 Å². The first-order valence-corrected chi connectivity index (χ1v) is 9.47. The molecule has 1 aromatic heterocycles. The molecule has 2 heterocycles. The summed E-state index contributed by atoms with van der Waals surface area (Å²) >= 11 is 0. The van der Waals surface area contributed by atoms with Crippen LogP contribution >= 0.6 is 0 Å². The van der Waals surface area contributed by atoms with Gasteiger partial charge < -0.3 is 10.6 Å². The smallest absolute Gasteiger partial charge is 0.322 e. The van der Waals surface area contributed by atoms with Gasteiger partial charge in [-0.15, -0.1) is 0 Å². The first kappa shape index (κ1) is 18.0. The third-order valence-electron chi connectivity index (χ3n) is 5.07. The normalized spacial score (nSPS) is 13.8. The van der Waals surface area contributed by atoms with Gasteiger partial charge in [0.15, 0.2) is 0 Å². The van der Waals surface area contributed by atoms with Crippen LogP contribution in [0, 0.1) is 6.92 Å². The van der Waals surface area contributed by atoms with Crippen molar-refractivity contribution in [1.29, 1.82) is 0 Å². The standard InChI is InChI=1S/C21H23N5O2/c1-3-26-18-7-5-4-6-16(18)17(24-26)13-23-20(27)15-9-8-14(2)19(12-15)25-11-10-22-21(25)28/h4-9,12H,3,10-11,13H2,1-2H3,(H,22,28)(H,23,27). The molecule has 3 amide bonds. The predicted octanol–water partition coefficient (Wildman–Crippen LogP) is 2.82. The molecule has 7 nitrogen and oxygen atoms in total. The molecule has 0 saturated carbocycles. The Morgan fingerprint density at radius 3 is 2.82 bits per heavy atom. The lowest BCUT2D eigenvalue weighted by atomic mass is 10.1. The number of nitrogens with one attached hydrogen (secondary N) is 2. The van der Waals surface area contributed by atoms with Gasteiger partial charge in [0.2, 0.25) is 0 Å². The average Bonchev–Trinajstić information content (AvgIpc) is 3.30. The van der Waals surface area contributed by atoms with Gasteiger partial charge in [-0.3, -0.25) is 14.4 Å². The number of para-hydroxylation sites is 1. The highest BCUT2D eigenvalue weighted by Crippen LogP contribution is 2.23. The Kier molecular flexibility index (Phi) is 4.73. The first-order chi connectivity index (χ1) is 13.6. The summed E-state index contributed by atoms with van der Waals surface area (Å²) in [5, 5.41) is 11.4. The van der Waals surface area contributed by atoms with Gasteiger partial charge in [0, 0.05) is 36.3 Å². The Labute approximate surface area is 163 Å². The van der Waals surface area contributed by atoms with Crippen LogP contribution in [0.1, 0.15) is 28.5 Å². The minimum atomic E-state index is -0.184. The van der Waals surface area contributed by atoms with Crippen molar-refractivity contribution < 1.29 is 9.59 Å². The van der Waals surface area contributed by atoms with E-state index in [1.54, 1.807) is 17.0 Å². The van der Waals surface area contributed by atoms with Crippen LogP contribution in [0.3, 0.4) is 0 Å². The van der Waals surface area contributed by atoms with Crippen LogP contribution in [0.5, 0.6) is 0 Å². The van der Waals surface area contributed by atoms with Gasteiger partial charge in [-0.1, -0.05) is 24.3 Å². The third-order valence-corrected chi connectivity index (χ3v) is 5.07. The van der Waals surface area contributed by atoms with E-state index in [-0.39, 0.29) is 11.9 Å². The van der Waals surface area contributed by atoms with Gasteiger partial charge in [-0.05, 0) is 37.6 Å². The molecule has 7 heteroatoms. The fourth-order valence-corrected chi connectivity index (χ4v) is 3.58. The van der Waals surface area contributed by atoms with E-state index in [9.17, 15) is 9.59 Å². The van der Waals surface area contributed by atoms with E-state index in [4.69, 9.17) is 0 Å². The molecular formula is C21H23N5O2. The summed E-state index contributed by atoms with van der Waals surface area (Å²) in [5.74, 6) is -0.184. The van der Waals surface area contributed by atoms with Gasteiger partial charge in [0.1, 0.15) is 0 Å². The Bertz CT molecular complexity index is 1060. The summed E-state index contributed by atoms with van der Waals surface area (Å²) < 4.78 is 1.94. The number of anilines is 1. The molecule has 2 aromatic carbocycles. The van der Waals surface area contributed by atoms with Crippen molar-refractivity contribution in [1.82, 2.24) is 20.4 Å². The molecule has 3 aromatic rings. The number of amides is 3. The maximum Gasteiger partial charge on any atom is 0.322 e. The third kappa shape index (κ3) is 3.19. The molecule has 28 heavy (non-hydrogen) atoms. The zero-order valence-electron chi connectivity index (χ0n) is 16.0. The van der Waals surface area contributed by atoms with Crippen LogP contribution < -0.4 is 15.5 Å². The van der Waals surface area contributed by atoms with E-state index < -0.39 is 0 Å². The largest absolute Gasteiger partial charge is 0.346 e. The molecule has 0 aliphatic carbocycles. The Hall–Kier alpha value is -3.35. The number of carbonyl (C=O) groups is 2. The second kappa shape index (κ2) is 7.34. The highest BCUT2D eigenvalue weighted by Gasteiger charge is 2.23. The molecular weight excluding hydrogens is 354 g/mol. The van der Waals surface area contributed by atoms with Crippen LogP contribution in [-0.2, 0) is 13.1 Å². The average molecular weight is 377 g/mol. The van der Waals surface area contributed by atoms with E-state index in [1.807, 2.05) is 48.9 Å². The van der Waals surface area contributed by atoms with Gasteiger partial charge in [0.25, 0.3) is 5.91 Å². The molecule has 1 aliphatic rings. The lowest BCUT2D eigenvalue weighted by Gasteiger charge is -2.18. The fourth-order valence-electron chi connectivity index (χ4n) is 3.58. The van der Waals surface area contributed by atoms with Gasteiger partial charge in [-0.2, -0.15) is 5.10 Å². The molecule has 0 spiro atoms. The minimum Gasteiger partial charge on any atom is -0.346 e. The first-order valence-electron chi connectivity index (χ1n) is 9.47. The summed E-state index contributed by atoms with van der Waals surface area (Å²) in [5.41, 5.74) is 4.16. The molecule has 144 valence electrons. The molecule has 0 radical (unpaired) electrons. The van der Waals surface area contributed by atoms with Crippen LogP contribution in [-0.4, -0.2) is 34.8 Å². The van der Waals surface area contributed by atoms with Crippen LogP contribution in [0.2, 0.25) is 0 Å². The number of aryl methyl sites for hydroxylation is 2. The summed E-state index contributed by atoms with van der Waals surface area (Å²) in [6.45, 7) is 6.32. The highest BCUT2D eigenvalue weighted by molar-refractivity contribution is 5.99. The maximum absolute atomic E-state index is 12.7. The van der Waals surface area contributed by atoms with Crippen molar-refractivity contribution in [2.75, 3.05) is 18.0 Å². The summed E-state index contributed by atoms with van der Waals surface area (Å²) in [6.07, 6.45) is 0. The number of fused-ring (bicyclic) bond motifs is 1. The molecule has 1 aliphatic heterocycles. The Morgan fingerprint density at radius 2 is 2.07 bits per heavy atom. The summed E-state index contributed by atoms with van der Waals surface area (Å²) in [7, 11) is 0. The summed E-state index contributed by atoms with van der Waals surface area (Å²) in [4.78, 5) is 26.4. The van der Waals surface area contributed by atoms with Crippen molar-refractivity contribution in [2.24, 2.45) is 0 Å². The number of aromatic nitrogens is 2. The van der Waals surface area contributed by atoms with Crippen LogP contribution in [0.15, 0.2) is 42.5 Å². The highest BCUT2D eigenvalue weighted by atomic mass is 16.2. The maximum atomic E-state index is 12.7. The van der Waals surface area contributed by atoms with Gasteiger partial charge in [-0.25, -0.2) is 4.79 Å². The van der Waals surface area contributed by atoms with E-state index >= 15 is 0 Å². The van der Waals surface area contributed by atoms with Crippen LogP contribution in [0.25, 0.3) is 10.9 Å². The number of urea groups is 1. The Morgan fingerprint density at radius 1 is 1.25 bits per heavy atom. The molecule has 0 bridgehead atoms. The fraction of sp³-hybridized carbons (Fsp3) is 0.286. The van der Waals surface area contributed by atoms with Gasteiger partial charge >= 0.3 is 6.03 Å². The molecule has 2 N–H and O–H groups in total. The lowest BCUT2D eigenvalue weighted by Crippen LogP contribution is -2.29. The number of nitrogens with zero attached hydrogens (tertiary/aromatic N) is 3. The zero-order chi connectivity index (χ0) is 19.7. The van der Waals surface area contributed by atoms with E-state index in [1.165, 1.54) is 0 Å². The number of hydrogen-bond donors (Lipinski definition) is 2. The second-order valence-electron chi connectivity index (χ2n) is 6.85. The van der Waals surface area contributed by atoms with Crippen molar-refractivity contribution in [3.8, 4) is 0 Å². The van der Waals surface area contributed by atoms with E-state index in [0.717, 1.165) is 34.4 Å². The predicted molar refractivity (Wildman–Crippen MR) is 109 cm³/mol. The van der Waals surface area contributed by atoms with Crippen molar-refractivity contribution in [2.45, 2.75) is 26.9 Å². The molecule has 0 atom stereocenters. The molecule has 0 unspecified atom stereocenters. The van der Waals surface area contributed by atoms with E-state index in [2.05, 4.69) is 15.7 Å². The molecule has 1 saturated heterocycles. The SMILES string of the molecule is CCn1nc(CNC(=O)c2ccc(C)c(N3CCNC3=O)c2)c2ccccc21. The zero-order valence-corrected chi connectivity index (χ0v) is 16.0. The van der Waals surface area contributed by atoms with Gasteiger partial charge in [0.05, 0.1) is 17.8 Å². The van der Waals surface area contributed by atoms with Crippen molar-refractivity contribution >= 4 is 28.5 Å². The molecule has 1 fully saturated rings. The number of benzene rings is 2. The van der Waals surface area contributed by atoms with Crippen molar-refractivity contribution in [3.63, 3.8) is 0 Å². The topological polar surface area (TPSA) is 79.3 Å². The quantitative estimate of drug-likeness (QED) is 0.718.